The largest absolute Gasteiger partial charge is 0.657 e. The van der Waals surface area contributed by atoms with Gasteiger partial charge >= 0.3 is 0 Å². The molecule has 4 heteroatoms. The molecule has 0 saturated carbocycles. The SMILES string of the molecule is CCc1nc2c(s1)C[N-]CC2.[Re]. The molecule has 0 bridgehead atoms. The third kappa shape index (κ3) is 1.94. The smallest absolute Gasteiger partial charge is 0.0927 e. The molecule has 1 aliphatic heterocycles. The van der Waals surface area contributed by atoms with Crippen LogP contribution in [0, 0.1) is 0 Å². The van der Waals surface area contributed by atoms with Gasteiger partial charge in [0.05, 0.1) is 10.7 Å². The Morgan fingerprint density at radius 3 is 3.08 bits per heavy atom. The molecule has 0 spiro atoms. The van der Waals surface area contributed by atoms with Gasteiger partial charge in [0.1, 0.15) is 0 Å². The Hall–Kier alpha value is 0.252. The number of rotatable bonds is 1. The fraction of sp³-hybridized carbons (Fsp3) is 0.625. The van der Waals surface area contributed by atoms with E-state index in [9.17, 15) is 0 Å². The molecule has 0 unspecified atom stereocenters. The number of fused-ring (bicyclic) bond motifs is 1. The maximum Gasteiger partial charge on any atom is 0.0927 e. The molecule has 1 aliphatic rings. The molecule has 0 saturated heterocycles. The quantitative estimate of drug-likeness (QED) is 0.760. The van der Waals surface area contributed by atoms with Crippen LogP contribution in [0.5, 0.6) is 0 Å². The van der Waals surface area contributed by atoms with Crippen molar-refractivity contribution in [3.05, 3.63) is 20.9 Å². The van der Waals surface area contributed by atoms with Crippen LogP contribution >= 0.6 is 11.3 Å². The molecule has 0 amide bonds. The van der Waals surface area contributed by atoms with Crippen molar-refractivity contribution < 1.29 is 20.4 Å². The van der Waals surface area contributed by atoms with Gasteiger partial charge in [0, 0.05) is 25.3 Å². The molecule has 2 rings (SSSR count). The van der Waals surface area contributed by atoms with Crippen molar-refractivity contribution in [1.29, 1.82) is 0 Å². The average Bonchev–Trinajstić information content (AvgIpc) is 2.46. The summed E-state index contributed by atoms with van der Waals surface area (Å²) in [5, 5.41) is 5.61. The van der Waals surface area contributed by atoms with E-state index < -0.39 is 0 Å². The Labute approximate surface area is 90.4 Å². The van der Waals surface area contributed by atoms with Crippen molar-refractivity contribution >= 4 is 11.3 Å². The van der Waals surface area contributed by atoms with Crippen molar-refractivity contribution in [2.45, 2.75) is 26.3 Å². The van der Waals surface area contributed by atoms with Crippen molar-refractivity contribution in [3.63, 3.8) is 0 Å². The molecule has 12 heavy (non-hydrogen) atoms. The number of aromatic nitrogens is 1. The molecule has 1 radical (unpaired) electrons. The van der Waals surface area contributed by atoms with Gasteiger partial charge in [-0.1, -0.05) is 6.92 Å². The molecule has 1 aromatic heterocycles. The zero-order valence-electron chi connectivity index (χ0n) is 7.01. The van der Waals surface area contributed by atoms with Gasteiger partial charge < -0.3 is 5.32 Å². The summed E-state index contributed by atoms with van der Waals surface area (Å²) in [6, 6.07) is 0. The summed E-state index contributed by atoms with van der Waals surface area (Å²) in [6.45, 7) is 4.04. The fourth-order valence-corrected chi connectivity index (χ4v) is 2.28. The van der Waals surface area contributed by atoms with Gasteiger partial charge in [0.25, 0.3) is 0 Å². The minimum atomic E-state index is 0. The molecular formula is C8H11N2ReS-. The summed E-state index contributed by atoms with van der Waals surface area (Å²) < 4.78 is 0. The second-order valence-electron chi connectivity index (χ2n) is 2.69. The summed E-state index contributed by atoms with van der Waals surface area (Å²) in [5.74, 6) is 0. The first-order valence-electron chi connectivity index (χ1n) is 4.01. The van der Waals surface area contributed by atoms with Crippen LogP contribution in [-0.4, -0.2) is 11.5 Å². The molecule has 0 N–H and O–H groups in total. The Morgan fingerprint density at radius 2 is 2.42 bits per heavy atom. The molecule has 0 fully saturated rings. The van der Waals surface area contributed by atoms with Crippen LogP contribution in [0.1, 0.15) is 22.5 Å². The molecule has 0 aliphatic carbocycles. The third-order valence-corrected chi connectivity index (χ3v) is 3.11. The van der Waals surface area contributed by atoms with Crippen molar-refractivity contribution in [3.8, 4) is 0 Å². The molecule has 0 aromatic carbocycles. The second-order valence-corrected chi connectivity index (χ2v) is 3.85. The normalized spacial score (nSPS) is 15.1. The Bertz CT molecular complexity index is 236. The van der Waals surface area contributed by atoms with E-state index in [0.717, 1.165) is 25.9 Å². The van der Waals surface area contributed by atoms with E-state index in [-0.39, 0.29) is 20.4 Å². The number of thiazole rings is 1. The van der Waals surface area contributed by atoms with Crippen LogP contribution < -0.4 is 0 Å². The minimum absolute atomic E-state index is 0. The summed E-state index contributed by atoms with van der Waals surface area (Å²) in [5.41, 5.74) is 1.31. The van der Waals surface area contributed by atoms with Crippen molar-refractivity contribution in [2.75, 3.05) is 6.54 Å². The summed E-state index contributed by atoms with van der Waals surface area (Å²) in [4.78, 5) is 5.92. The van der Waals surface area contributed by atoms with E-state index in [1.165, 1.54) is 15.6 Å². The molecule has 67 valence electrons. The maximum atomic E-state index is 4.53. The van der Waals surface area contributed by atoms with E-state index in [1.807, 2.05) is 11.3 Å². The summed E-state index contributed by atoms with van der Waals surface area (Å²) in [7, 11) is 0. The van der Waals surface area contributed by atoms with Crippen LogP contribution in [0.25, 0.3) is 5.32 Å². The topological polar surface area (TPSA) is 27.0 Å². The number of hydrogen-bond donors (Lipinski definition) is 0. The van der Waals surface area contributed by atoms with Crippen molar-refractivity contribution in [2.24, 2.45) is 0 Å². The zero-order valence-corrected chi connectivity index (χ0v) is 10.5. The van der Waals surface area contributed by atoms with Gasteiger partial charge in [-0.2, -0.15) is 0 Å². The van der Waals surface area contributed by atoms with Gasteiger partial charge in [-0.05, 0) is 12.8 Å². The van der Waals surface area contributed by atoms with E-state index >= 15 is 0 Å². The molecule has 2 heterocycles. The van der Waals surface area contributed by atoms with Gasteiger partial charge in [0.15, 0.2) is 0 Å². The predicted molar refractivity (Wildman–Crippen MR) is 47.1 cm³/mol. The van der Waals surface area contributed by atoms with Gasteiger partial charge in [0.2, 0.25) is 0 Å². The van der Waals surface area contributed by atoms with Crippen LogP contribution in [0.3, 0.4) is 0 Å². The maximum absolute atomic E-state index is 4.53. The van der Waals surface area contributed by atoms with Gasteiger partial charge in [-0.25, -0.2) is 4.98 Å². The number of hydrogen-bond acceptors (Lipinski definition) is 2. The van der Waals surface area contributed by atoms with Crippen LogP contribution in [0.2, 0.25) is 0 Å². The summed E-state index contributed by atoms with van der Waals surface area (Å²) >= 11 is 1.83. The van der Waals surface area contributed by atoms with Gasteiger partial charge in [-0.3, -0.25) is 0 Å². The molecule has 2 nitrogen and oxygen atoms in total. The number of nitrogens with zero attached hydrogens (tertiary/aromatic N) is 2. The van der Waals surface area contributed by atoms with Crippen LogP contribution in [0.15, 0.2) is 0 Å². The molecule has 1 aromatic rings. The Morgan fingerprint density at radius 1 is 1.58 bits per heavy atom. The minimum Gasteiger partial charge on any atom is -0.657 e. The van der Waals surface area contributed by atoms with E-state index in [1.54, 1.807) is 0 Å². The van der Waals surface area contributed by atoms with Crippen LogP contribution in [-0.2, 0) is 39.8 Å². The first-order chi connectivity index (χ1) is 5.40. The van der Waals surface area contributed by atoms with E-state index in [0.29, 0.717) is 0 Å². The molecular weight excluding hydrogens is 342 g/mol. The number of aryl methyl sites for hydroxylation is 1. The summed E-state index contributed by atoms with van der Waals surface area (Å²) in [6.07, 6.45) is 2.13. The Balaban J connectivity index is 0.000000720. The first-order valence-corrected chi connectivity index (χ1v) is 4.82. The van der Waals surface area contributed by atoms with Gasteiger partial charge in [-0.15, -0.1) is 24.4 Å². The molecule has 0 atom stereocenters. The van der Waals surface area contributed by atoms with Crippen molar-refractivity contribution in [1.82, 2.24) is 4.98 Å². The van der Waals surface area contributed by atoms with Crippen LogP contribution in [0.4, 0.5) is 0 Å². The fourth-order valence-electron chi connectivity index (χ4n) is 1.27. The second kappa shape index (κ2) is 4.48. The predicted octanol–water partition coefficient (Wildman–Crippen LogP) is 2.13. The Kier molecular flexibility index (Phi) is 3.86. The monoisotopic (exact) mass is 354 g/mol. The zero-order chi connectivity index (χ0) is 7.68. The van der Waals surface area contributed by atoms with E-state index in [2.05, 4.69) is 17.2 Å². The first kappa shape index (κ1) is 10.3. The average molecular weight is 353 g/mol. The van der Waals surface area contributed by atoms with E-state index in [4.69, 9.17) is 0 Å². The standard InChI is InChI=1S/C8H11N2S.Re/c1-2-8-10-6-3-4-9-5-7(6)11-8;/h2-5H2,1H3;/q-1;. The third-order valence-electron chi connectivity index (χ3n) is 1.89.